The number of anilines is 1. The standard InChI is InChI=1S/C13H10N4O/c1-8-3-9(2)13(18)11(4-8)17-12(7-16)10(5-14)6-15/h3-4,17-18H,1-2H3. The summed E-state index contributed by atoms with van der Waals surface area (Å²) in [6, 6.07) is 8.39. The summed E-state index contributed by atoms with van der Waals surface area (Å²) in [5.41, 5.74) is 1.33. The van der Waals surface area contributed by atoms with Gasteiger partial charge in [0.1, 0.15) is 29.7 Å². The average molecular weight is 238 g/mol. The Hall–Kier alpha value is -2.97. The van der Waals surface area contributed by atoms with Crippen LogP contribution in [-0.2, 0) is 0 Å². The lowest BCUT2D eigenvalue weighted by atomic mass is 10.1. The molecule has 0 aliphatic carbocycles. The number of nitrogens with one attached hydrogen (secondary N) is 1. The van der Waals surface area contributed by atoms with Crippen molar-refractivity contribution in [3.8, 4) is 24.0 Å². The Labute approximate surface area is 105 Å². The molecule has 5 heteroatoms. The van der Waals surface area contributed by atoms with Crippen molar-refractivity contribution in [2.45, 2.75) is 13.8 Å². The highest BCUT2D eigenvalue weighted by atomic mass is 16.3. The van der Waals surface area contributed by atoms with Crippen molar-refractivity contribution in [2.24, 2.45) is 0 Å². The van der Waals surface area contributed by atoms with E-state index < -0.39 is 0 Å². The average Bonchev–Trinajstić information content (AvgIpc) is 2.35. The first-order chi connectivity index (χ1) is 8.53. The second-order valence-corrected chi connectivity index (χ2v) is 3.69. The summed E-state index contributed by atoms with van der Waals surface area (Å²) in [6.07, 6.45) is 0. The molecular weight excluding hydrogens is 228 g/mol. The van der Waals surface area contributed by atoms with Gasteiger partial charge in [-0.15, -0.1) is 0 Å². The van der Waals surface area contributed by atoms with Crippen LogP contribution in [0.5, 0.6) is 5.75 Å². The zero-order chi connectivity index (χ0) is 13.7. The zero-order valence-electron chi connectivity index (χ0n) is 9.94. The van der Waals surface area contributed by atoms with Gasteiger partial charge in [-0.1, -0.05) is 6.07 Å². The van der Waals surface area contributed by atoms with Gasteiger partial charge in [-0.05, 0) is 31.0 Å². The fourth-order valence-electron chi connectivity index (χ4n) is 1.47. The monoisotopic (exact) mass is 238 g/mol. The Balaban J connectivity index is 3.30. The minimum absolute atomic E-state index is 0.0106. The lowest BCUT2D eigenvalue weighted by Gasteiger charge is -2.10. The van der Waals surface area contributed by atoms with Crippen molar-refractivity contribution < 1.29 is 5.11 Å². The van der Waals surface area contributed by atoms with E-state index in [1.54, 1.807) is 37.3 Å². The Morgan fingerprint density at radius 3 is 2.22 bits per heavy atom. The van der Waals surface area contributed by atoms with Gasteiger partial charge in [0.15, 0.2) is 5.57 Å². The maximum atomic E-state index is 9.83. The van der Waals surface area contributed by atoms with E-state index in [0.29, 0.717) is 11.3 Å². The van der Waals surface area contributed by atoms with Gasteiger partial charge >= 0.3 is 0 Å². The van der Waals surface area contributed by atoms with Gasteiger partial charge in [-0.25, -0.2) is 0 Å². The predicted molar refractivity (Wildman–Crippen MR) is 65.1 cm³/mol. The van der Waals surface area contributed by atoms with E-state index in [-0.39, 0.29) is 17.0 Å². The lowest BCUT2D eigenvalue weighted by molar-refractivity contribution is 0.473. The predicted octanol–water partition coefficient (Wildman–Crippen LogP) is 2.25. The van der Waals surface area contributed by atoms with Crippen LogP contribution in [0.15, 0.2) is 23.4 Å². The van der Waals surface area contributed by atoms with Gasteiger partial charge in [0.05, 0.1) is 5.69 Å². The van der Waals surface area contributed by atoms with Crippen LogP contribution in [0.2, 0.25) is 0 Å². The molecule has 0 spiro atoms. The molecule has 1 aromatic carbocycles. The maximum absolute atomic E-state index is 9.83. The second kappa shape index (κ2) is 5.39. The molecule has 0 aromatic heterocycles. The molecule has 1 aromatic rings. The zero-order valence-corrected chi connectivity index (χ0v) is 9.94. The molecule has 0 radical (unpaired) electrons. The summed E-state index contributed by atoms with van der Waals surface area (Å²) in [5.74, 6) is -0.0106. The number of rotatable bonds is 2. The summed E-state index contributed by atoms with van der Waals surface area (Å²) in [5, 5.41) is 38.7. The first kappa shape index (κ1) is 13.1. The third kappa shape index (κ3) is 2.58. The molecule has 2 N–H and O–H groups in total. The fourth-order valence-corrected chi connectivity index (χ4v) is 1.47. The number of phenolic OH excluding ortho intramolecular Hbond substituents is 1. The molecule has 0 fully saturated rings. The Morgan fingerprint density at radius 2 is 1.72 bits per heavy atom. The Kier molecular flexibility index (Phi) is 3.92. The van der Waals surface area contributed by atoms with Crippen molar-refractivity contribution in [1.29, 1.82) is 15.8 Å². The molecule has 0 aliphatic rings. The van der Waals surface area contributed by atoms with Crippen LogP contribution in [0.3, 0.4) is 0 Å². The smallest absolute Gasteiger partial charge is 0.163 e. The number of nitriles is 3. The molecule has 0 bridgehead atoms. The number of allylic oxidation sites excluding steroid dienone is 2. The van der Waals surface area contributed by atoms with E-state index >= 15 is 0 Å². The van der Waals surface area contributed by atoms with E-state index in [1.807, 2.05) is 6.92 Å². The van der Waals surface area contributed by atoms with Crippen LogP contribution >= 0.6 is 0 Å². The molecule has 0 saturated heterocycles. The third-order valence-corrected chi connectivity index (χ3v) is 2.29. The number of hydrogen-bond donors (Lipinski definition) is 2. The molecule has 0 saturated carbocycles. The van der Waals surface area contributed by atoms with Gasteiger partial charge < -0.3 is 10.4 Å². The summed E-state index contributed by atoms with van der Waals surface area (Å²) in [7, 11) is 0. The highest BCUT2D eigenvalue weighted by Crippen LogP contribution is 2.29. The van der Waals surface area contributed by atoms with Crippen molar-refractivity contribution in [1.82, 2.24) is 0 Å². The highest BCUT2D eigenvalue weighted by Gasteiger charge is 2.10. The quantitative estimate of drug-likeness (QED) is 0.607. The van der Waals surface area contributed by atoms with Crippen molar-refractivity contribution in [2.75, 3.05) is 5.32 Å². The van der Waals surface area contributed by atoms with E-state index in [2.05, 4.69) is 5.32 Å². The normalized spacial score (nSPS) is 8.61. The van der Waals surface area contributed by atoms with Crippen molar-refractivity contribution in [3.05, 3.63) is 34.5 Å². The summed E-state index contributed by atoms with van der Waals surface area (Å²) < 4.78 is 0. The van der Waals surface area contributed by atoms with E-state index in [0.717, 1.165) is 5.56 Å². The Bertz CT molecular complexity index is 623. The van der Waals surface area contributed by atoms with Crippen LogP contribution in [-0.4, -0.2) is 5.11 Å². The molecule has 0 aliphatic heterocycles. The SMILES string of the molecule is Cc1cc(C)c(O)c(NC(C#N)=C(C#N)C#N)c1. The molecule has 18 heavy (non-hydrogen) atoms. The maximum Gasteiger partial charge on any atom is 0.163 e. The van der Waals surface area contributed by atoms with Crippen LogP contribution in [0.4, 0.5) is 5.69 Å². The number of aryl methyl sites for hydroxylation is 2. The number of aromatic hydroxyl groups is 1. The molecule has 0 atom stereocenters. The molecule has 5 nitrogen and oxygen atoms in total. The van der Waals surface area contributed by atoms with Crippen LogP contribution in [0, 0.1) is 47.8 Å². The minimum atomic E-state index is -0.323. The summed E-state index contributed by atoms with van der Waals surface area (Å²) >= 11 is 0. The van der Waals surface area contributed by atoms with Gasteiger partial charge in [-0.3, -0.25) is 0 Å². The topological polar surface area (TPSA) is 104 Å². The number of phenols is 1. The lowest BCUT2D eigenvalue weighted by Crippen LogP contribution is -2.01. The number of nitrogens with zero attached hydrogens (tertiary/aromatic N) is 3. The fraction of sp³-hybridized carbons (Fsp3) is 0.154. The van der Waals surface area contributed by atoms with E-state index in [1.165, 1.54) is 0 Å². The van der Waals surface area contributed by atoms with E-state index in [9.17, 15) is 5.11 Å². The van der Waals surface area contributed by atoms with Crippen molar-refractivity contribution >= 4 is 5.69 Å². The number of hydrogen-bond acceptors (Lipinski definition) is 5. The van der Waals surface area contributed by atoms with Gasteiger partial charge in [0.25, 0.3) is 0 Å². The van der Waals surface area contributed by atoms with Gasteiger partial charge in [0.2, 0.25) is 0 Å². The van der Waals surface area contributed by atoms with Gasteiger partial charge in [0, 0.05) is 0 Å². The van der Waals surface area contributed by atoms with Crippen LogP contribution < -0.4 is 5.32 Å². The molecule has 0 amide bonds. The summed E-state index contributed by atoms with van der Waals surface area (Å²) in [4.78, 5) is 0. The van der Waals surface area contributed by atoms with Crippen LogP contribution in [0.25, 0.3) is 0 Å². The molecular formula is C13H10N4O. The third-order valence-electron chi connectivity index (χ3n) is 2.29. The first-order valence-corrected chi connectivity index (χ1v) is 5.05. The largest absolute Gasteiger partial charge is 0.505 e. The Morgan fingerprint density at radius 1 is 1.11 bits per heavy atom. The molecule has 88 valence electrons. The minimum Gasteiger partial charge on any atom is -0.505 e. The first-order valence-electron chi connectivity index (χ1n) is 5.05. The van der Waals surface area contributed by atoms with Crippen molar-refractivity contribution in [3.63, 3.8) is 0 Å². The molecule has 1 rings (SSSR count). The second-order valence-electron chi connectivity index (χ2n) is 3.69. The number of benzene rings is 1. The molecule has 0 heterocycles. The molecule has 0 unspecified atom stereocenters. The summed E-state index contributed by atoms with van der Waals surface area (Å²) in [6.45, 7) is 3.56. The van der Waals surface area contributed by atoms with E-state index in [4.69, 9.17) is 15.8 Å². The highest BCUT2D eigenvalue weighted by molar-refractivity contribution is 5.66. The van der Waals surface area contributed by atoms with Gasteiger partial charge in [-0.2, -0.15) is 15.8 Å². The van der Waals surface area contributed by atoms with Crippen LogP contribution in [0.1, 0.15) is 11.1 Å².